The summed E-state index contributed by atoms with van der Waals surface area (Å²) in [6, 6.07) is 0. The van der Waals surface area contributed by atoms with E-state index in [-0.39, 0.29) is 9.52 Å². The number of hydrogen-bond acceptors (Lipinski definition) is 0. The van der Waals surface area contributed by atoms with Crippen LogP contribution >= 0.6 is 0 Å². The van der Waals surface area contributed by atoms with Gasteiger partial charge in [0.05, 0.1) is 9.52 Å². The molecular formula is C8H18Si. The molecule has 0 nitrogen and oxygen atoms in total. The molecule has 0 fully saturated rings. The van der Waals surface area contributed by atoms with Gasteiger partial charge < -0.3 is 0 Å². The Balaban J connectivity index is 3.64. The molecule has 0 spiro atoms. The van der Waals surface area contributed by atoms with Crippen LogP contribution in [0.4, 0.5) is 0 Å². The molecule has 0 aliphatic rings. The van der Waals surface area contributed by atoms with Gasteiger partial charge in [-0.3, -0.25) is 0 Å². The third-order valence-electron chi connectivity index (χ3n) is 1.12. The van der Waals surface area contributed by atoms with Crippen molar-refractivity contribution in [3.8, 4) is 0 Å². The van der Waals surface area contributed by atoms with Gasteiger partial charge in [-0.2, -0.15) is 0 Å². The van der Waals surface area contributed by atoms with Gasteiger partial charge in [0.15, 0.2) is 0 Å². The van der Waals surface area contributed by atoms with Gasteiger partial charge in [-0.15, -0.1) is 5.70 Å². The van der Waals surface area contributed by atoms with Crippen LogP contribution in [0, 0.1) is 0 Å². The minimum absolute atomic E-state index is 0.0401. The molecule has 0 aliphatic carbocycles. The number of rotatable bonds is 1. The topological polar surface area (TPSA) is 0 Å². The van der Waals surface area contributed by atoms with Crippen molar-refractivity contribution in [2.45, 2.75) is 39.7 Å². The molecule has 0 heterocycles. The van der Waals surface area contributed by atoms with E-state index in [0.717, 1.165) is 0 Å². The zero-order valence-electron chi connectivity index (χ0n) is 7.28. The van der Waals surface area contributed by atoms with Crippen molar-refractivity contribution >= 4 is 9.52 Å². The van der Waals surface area contributed by atoms with Gasteiger partial charge in [-0.05, 0) is 18.9 Å². The Labute approximate surface area is 61.2 Å². The fourth-order valence-electron chi connectivity index (χ4n) is 0.510. The van der Waals surface area contributed by atoms with Crippen LogP contribution in [0.1, 0.15) is 34.6 Å². The molecule has 54 valence electrons. The highest BCUT2D eigenvalue weighted by Crippen LogP contribution is 2.20. The predicted molar refractivity (Wildman–Crippen MR) is 47.7 cm³/mol. The maximum absolute atomic E-state index is 2.43. The molecule has 0 saturated carbocycles. The van der Waals surface area contributed by atoms with Gasteiger partial charge in [0.25, 0.3) is 0 Å². The van der Waals surface area contributed by atoms with E-state index < -0.39 is 0 Å². The first-order valence-electron chi connectivity index (χ1n) is 3.55. The van der Waals surface area contributed by atoms with Gasteiger partial charge in [0.2, 0.25) is 0 Å². The molecule has 0 radical (unpaired) electrons. The lowest BCUT2D eigenvalue weighted by Gasteiger charge is -2.13. The van der Waals surface area contributed by atoms with Crippen LogP contribution in [-0.4, -0.2) is 9.52 Å². The van der Waals surface area contributed by atoms with E-state index in [4.69, 9.17) is 0 Å². The standard InChI is InChI=1S/C8H18Si/c1-7(2)6-9-8(3,4)5/h6H,9H2,1-5H3. The Morgan fingerprint density at radius 3 is 1.78 bits per heavy atom. The van der Waals surface area contributed by atoms with Gasteiger partial charge in [-0.25, -0.2) is 0 Å². The van der Waals surface area contributed by atoms with Crippen LogP contribution in [0.25, 0.3) is 0 Å². The van der Waals surface area contributed by atoms with Gasteiger partial charge >= 0.3 is 0 Å². The van der Waals surface area contributed by atoms with Crippen molar-refractivity contribution in [2.24, 2.45) is 0 Å². The smallest absolute Gasteiger partial charge is 0.0506 e. The van der Waals surface area contributed by atoms with Crippen LogP contribution in [0.5, 0.6) is 0 Å². The normalized spacial score (nSPS) is 12.6. The Bertz CT molecular complexity index is 102. The second kappa shape index (κ2) is 3.21. The van der Waals surface area contributed by atoms with Crippen LogP contribution in [0.3, 0.4) is 0 Å². The van der Waals surface area contributed by atoms with Crippen LogP contribution < -0.4 is 0 Å². The van der Waals surface area contributed by atoms with E-state index in [9.17, 15) is 0 Å². The monoisotopic (exact) mass is 142 g/mol. The highest BCUT2D eigenvalue weighted by molar-refractivity contribution is 6.45. The lowest BCUT2D eigenvalue weighted by Crippen LogP contribution is -2.05. The Hall–Kier alpha value is -0.0431. The average molecular weight is 142 g/mol. The number of hydrogen-bond donors (Lipinski definition) is 0. The van der Waals surface area contributed by atoms with E-state index >= 15 is 0 Å². The molecule has 0 aliphatic heterocycles. The second-order valence-corrected chi connectivity index (χ2v) is 6.98. The minimum atomic E-state index is 0.0401. The van der Waals surface area contributed by atoms with E-state index in [1.807, 2.05) is 0 Å². The fraction of sp³-hybridized carbons (Fsp3) is 0.750. The molecule has 0 bridgehead atoms. The van der Waals surface area contributed by atoms with E-state index in [1.54, 1.807) is 0 Å². The molecule has 1 heteroatoms. The van der Waals surface area contributed by atoms with E-state index in [0.29, 0.717) is 5.04 Å². The Morgan fingerprint density at radius 1 is 1.22 bits per heavy atom. The summed E-state index contributed by atoms with van der Waals surface area (Å²) in [4.78, 5) is 0. The third kappa shape index (κ3) is 7.96. The lowest BCUT2D eigenvalue weighted by atomic mass is 10.2. The summed E-state index contributed by atoms with van der Waals surface area (Å²) < 4.78 is 0. The summed E-state index contributed by atoms with van der Waals surface area (Å²) in [5.74, 6) is 0. The van der Waals surface area contributed by atoms with Gasteiger partial charge in [0, 0.05) is 0 Å². The maximum atomic E-state index is 2.43. The quantitative estimate of drug-likeness (QED) is 0.493. The minimum Gasteiger partial charge on any atom is -0.102 e. The zero-order valence-corrected chi connectivity index (χ0v) is 8.70. The van der Waals surface area contributed by atoms with Gasteiger partial charge in [-0.1, -0.05) is 26.3 Å². The molecule has 0 aromatic rings. The summed E-state index contributed by atoms with van der Waals surface area (Å²) in [6.07, 6.45) is 0. The third-order valence-corrected chi connectivity index (χ3v) is 3.37. The average Bonchev–Trinajstić information content (AvgIpc) is 1.59. The molecule has 0 unspecified atom stereocenters. The summed E-state index contributed by atoms with van der Waals surface area (Å²) in [6.45, 7) is 11.3. The Kier molecular flexibility index (Phi) is 3.19. The second-order valence-electron chi connectivity index (χ2n) is 4.05. The molecular weight excluding hydrogens is 124 g/mol. The first kappa shape index (κ1) is 8.96. The van der Waals surface area contributed by atoms with Crippen LogP contribution in [0.2, 0.25) is 5.04 Å². The molecule has 0 N–H and O–H groups in total. The summed E-state index contributed by atoms with van der Waals surface area (Å²) >= 11 is 0. The molecule has 0 amide bonds. The molecule has 0 saturated heterocycles. The van der Waals surface area contributed by atoms with Crippen molar-refractivity contribution < 1.29 is 0 Å². The molecule has 0 aromatic carbocycles. The highest BCUT2D eigenvalue weighted by Gasteiger charge is 2.07. The first-order valence-corrected chi connectivity index (χ1v) is 5.07. The molecule has 0 aromatic heterocycles. The largest absolute Gasteiger partial charge is 0.102 e. The molecule has 0 rings (SSSR count). The molecule has 0 atom stereocenters. The lowest BCUT2D eigenvalue weighted by molar-refractivity contribution is 0.758. The van der Waals surface area contributed by atoms with Crippen molar-refractivity contribution in [3.05, 3.63) is 11.3 Å². The van der Waals surface area contributed by atoms with Gasteiger partial charge in [0.1, 0.15) is 0 Å². The van der Waals surface area contributed by atoms with Crippen molar-refractivity contribution in [3.63, 3.8) is 0 Å². The fourth-order valence-corrected chi connectivity index (χ4v) is 1.53. The van der Waals surface area contributed by atoms with Crippen LogP contribution in [0.15, 0.2) is 11.3 Å². The van der Waals surface area contributed by atoms with E-state index in [2.05, 4.69) is 40.3 Å². The first-order chi connectivity index (χ1) is 3.92. The summed E-state index contributed by atoms with van der Waals surface area (Å²) in [5.41, 5.74) is 3.91. The van der Waals surface area contributed by atoms with E-state index in [1.165, 1.54) is 5.57 Å². The van der Waals surface area contributed by atoms with Crippen molar-refractivity contribution in [2.75, 3.05) is 0 Å². The number of allylic oxidation sites excluding steroid dienone is 1. The van der Waals surface area contributed by atoms with Crippen molar-refractivity contribution in [1.82, 2.24) is 0 Å². The maximum Gasteiger partial charge on any atom is 0.0506 e. The zero-order chi connectivity index (χ0) is 7.49. The summed E-state index contributed by atoms with van der Waals surface area (Å²) in [5, 5.41) is 0.595. The Morgan fingerprint density at radius 2 is 1.67 bits per heavy atom. The SMILES string of the molecule is CC(C)=C[SiH2]C(C)(C)C. The van der Waals surface area contributed by atoms with Crippen LogP contribution in [-0.2, 0) is 0 Å². The highest BCUT2D eigenvalue weighted by atomic mass is 28.2. The van der Waals surface area contributed by atoms with Crippen molar-refractivity contribution in [1.29, 1.82) is 0 Å². The summed E-state index contributed by atoms with van der Waals surface area (Å²) in [7, 11) is 0.0401. The predicted octanol–water partition coefficient (Wildman–Crippen LogP) is 2.30. The molecule has 9 heavy (non-hydrogen) atoms.